The lowest BCUT2D eigenvalue weighted by molar-refractivity contribution is 0.473. The van der Waals surface area contributed by atoms with Crippen LogP contribution in [0, 0.1) is 5.41 Å². The third-order valence-electron chi connectivity index (χ3n) is 4.25. The van der Waals surface area contributed by atoms with Gasteiger partial charge in [-0.05, 0) is 24.7 Å². The van der Waals surface area contributed by atoms with Crippen LogP contribution in [0.5, 0.6) is 0 Å². The molecule has 0 aromatic carbocycles. The van der Waals surface area contributed by atoms with E-state index in [2.05, 4.69) is 24.0 Å². The molecule has 1 heterocycles. The molecule has 2 saturated carbocycles. The molecule has 0 bridgehead atoms. The molecular formula is C12H19N3O. The van der Waals surface area contributed by atoms with Gasteiger partial charge in [0.1, 0.15) is 5.82 Å². The Labute approximate surface area is 95.1 Å². The Bertz CT molecular complexity index is 451. The van der Waals surface area contributed by atoms with Crippen molar-refractivity contribution in [1.29, 1.82) is 0 Å². The second-order valence-electron chi connectivity index (χ2n) is 5.94. The Balaban J connectivity index is 1.97. The molecule has 4 nitrogen and oxygen atoms in total. The Morgan fingerprint density at radius 1 is 1.38 bits per heavy atom. The van der Waals surface area contributed by atoms with Gasteiger partial charge in [0.25, 0.3) is 0 Å². The van der Waals surface area contributed by atoms with Crippen LogP contribution in [0.3, 0.4) is 0 Å². The molecule has 3 rings (SSSR count). The van der Waals surface area contributed by atoms with Crippen molar-refractivity contribution in [2.75, 3.05) is 0 Å². The molecule has 1 aromatic heterocycles. The zero-order valence-corrected chi connectivity index (χ0v) is 9.99. The molecule has 0 aliphatic heterocycles. The van der Waals surface area contributed by atoms with Gasteiger partial charge in [-0.3, -0.25) is 4.57 Å². The zero-order chi connectivity index (χ0) is 11.3. The van der Waals surface area contributed by atoms with Gasteiger partial charge in [0.2, 0.25) is 0 Å². The SMILES string of the molecule is CC1(C)C[C@@H]1c1n[nH]c(=O)n1C1CCCC1. The van der Waals surface area contributed by atoms with Crippen molar-refractivity contribution in [2.45, 2.75) is 57.9 Å². The van der Waals surface area contributed by atoms with Gasteiger partial charge in [-0.2, -0.15) is 5.10 Å². The highest BCUT2D eigenvalue weighted by Gasteiger charge is 2.50. The fourth-order valence-corrected chi connectivity index (χ4v) is 2.99. The lowest BCUT2D eigenvalue weighted by Gasteiger charge is -2.13. The van der Waals surface area contributed by atoms with Crippen molar-refractivity contribution in [1.82, 2.24) is 14.8 Å². The van der Waals surface area contributed by atoms with Crippen LogP contribution in [-0.2, 0) is 0 Å². The molecule has 1 N–H and O–H groups in total. The average molecular weight is 221 g/mol. The normalized spacial score (nSPS) is 28.5. The van der Waals surface area contributed by atoms with Crippen molar-refractivity contribution < 1.29 is 0 Å². The van der Waals surface area contributed by atoms with Gasteiger partial charge in [-0.15, -0.1) is 0 Å². The molecule has 1 aromatic rings. The Morgan fingerprint density at radius 2 is 2.00 bits per heavy atom. The fourth-order valence-electron chi connectivity index (χ4n) is 2.99. The molecule has 2 aliphatic rings. The second-order valence-corrected chi connectivity index (χ2v) is 5.94. The molecule has 4 heteroatoms. The minimum atomic E-state index is -0.00963. The summed E-state index contributed by atoms with van der Waals surface area (Å²) in [5.41, 5.74) is 0.326. The van der Waals surface area contributed by atoms with Crippen LogP contribution in [0.2, 0.25) is 0 Å². The van der Waals surface area contributed by atoms with E-state index in [9.17, 15) is 4.79 Å². The van der Waals surface area contributed by atoms with Gasteiger partial charge in [-0.1, -0.05) is 26.7 Å². The molecule has 0 unspecified atom stereocenters. The summed E-state index contributed by atoms with van der Waals surface area (Å²) in [5.74, 6) is 1.48. The highest BCUT2D eigenvalue weighted by Crippen LogP contribution is 2.58. The van der Waals surface area contributed by atoms with Gasteiger partial charge >= 0.3 is 5.69 Å². The van der Waals surface area contributed by atoms with Crippen LogP contribution in [0.4, 0.5) is 0 Å². The Kier molecular flexibility index (Phi) is 2.03. The summed E-state index contributed by atoms with van der Waals surface area (Å²) < 4.78 is 1.94. The van der Waals surface area contributed by atoms with Gasteiger partial charge in [-0.25, -0.2) is 9.89 Å². The first-order valence-corrected chi connectivity index (χ1v) is 6.26. The summed E-state index contributed by atoms with van der Waals surface area (Å²) in [6, 6.07) is 0.401. The number of rotatable bonds is 2. The summed E-state index contributed by atoms with van der Waals surface area (Å²) in [4.78, 5) is 11.8. The maximum atomic E-state index is 11.8. The van der Waals surface area contributed by atoms with Crippen molar-refractivity contribution in [2.24, 2.45) is 5.41 Å². The van der Waals surface area contributed by atoms with E-state index in [-0.39, 0.29) is 5.69 Å². The van der Waals surface area contributed by atoms with Gasteiger partial charge < -0.3 is 0 Å². The minimum absolute atomic E-state index is 0.00963. The molecule has 0 spiro atoms. The number of hydrogen-bond acceptors (Lipinski definition) is 2. The monoisotopic (exact) mass is 221 g/mol. The molecule has 0 radical (unpaired) electrons. The molecule has 2 aliphatic carbocycles. The summed E-state index contributed by atoms with van der Waals surface area (Å²) in [6.45, 7) is 4.49. The Hall–Kier alpha value is -1.06. The predicted molar refractivity (Wildman–Crippen MR) is 61.5 cm³/mol. The number of aromatic amines is 1. The van der Waals surface area contributed by atoms with E-state index in [1.807, 2.05) is 4.57 Å². The number of H-pyrrole nitrogens is 1. The van der Waals surface area contributed by atoms with Crippen molar-refractivity contribution in [3.63, 3.8) is 0 Å². The van der Waals surface area contributed by atoms with Crippen molar-refractivity contribution >= 4 is 0 Å². The Morgan fingerprint density at radius 3 is 2.56 bits per heavy atom. The molecule has 1 atom stereocenters. The number of nitrogens with one attached hydrogen (secondary N) is 1. The van der Waals surface area contributed by atoms with E-state index >= 15 is 0 Å². The van der Waals surface area contributed by atoms with Gasteiger partial charge in [0.05, 0.1) is 0 Å². The van der Waals surface area contributed by atoms with E-state index in [1.165, 1.54) is 12.8 Å². The number of aromatic nitrogens is 3. The third-order valence-corrected chi connectivity index (χ3v) is 4.25. The molecule has 88 valence electrons. The summed E-state index contributed by atoms with van der Waals surface area (Å²) in [5, 5.41) is 6.87. The van der Waals surface area contributed by atoms with Gasteiger partial charge in [0.15, 0.2) is 0 Å². The van der Waals surface area contributed by atoms with Crippen molar-refractivity contribution in [3.8, 4) is 0 Å². The molecule has 2 fully saturated rings. The van der Waals surface area contributed by atoms with E-state index in [4.69, 9.17) is 0 Å². The minimum Gasteiger partial charge on any atom is -0.276 e. The molecule has 16 heavy (non-hydrogen) atoms. The molecule has 0 amide bonds. The summed E-state index contributed by atoms with van der Waals surface area (Å²) >= 11 is 0. The maximum Gasteiger partial charge on any atom is 0.343 e. The average Bonchev–Trinajstić information content (AvgIpc) is 2.67. The van der Waals surface area contributed by atoms with Crippen molar-refractivity contribution in [3.05, 3.63) is 16.3 Å². The predicted octanol–water partition coefficient (Wildman–Crippen LogP) is 2.20. The summed E-state index contributed by atoms with van der Waals surface area (Å²) in [7, 11) is 0. The first-order chi connectivity index (χ1) is 7.59. The topological polar surface area (TPSA) is 50.7 Å². The second kappa shape index (κ2) is 3.22. The maximum absolute atomic E-state index is 11.8. The van der Waals surface area contributed by atoms with Crippen LogP contribution in [0.1, 0.15) is 63.7 Å². The fraction of sp³-hybridized carbons (Fsp3) is 0.833. The lowest BCUT2D eigenvalue weighted by atomic mass is 10.1. The van der Waals surface area contributed by atoms with Crippen LogP contribution < -0.4 is 5.69 Å². The van der Waals surface area contributed by atoms with Crippen LogP contribution in [0.25, 0.3) is 0 Å². The van der Waals surface area contributed by atoms with E-state index < -0.39 is 0 Å². The van der Waals surface area contributed by atoms with E-state index in [0.717, 1.165) is 25.1 Å². The lowest BCUT2D eigenvalue weighted by Crippen LogP contribution is -2.22. The number of nitrogens with zero attached hydrogens (tertiary/aromatic N) is 2. The highest BCUT2D eigenvalue weighted by molar-refractivity contribution is 5.16. The number of hydrogen-bond donors (Lipinski definition) is 1. The highest BCUT2D eigenvalue weighted by atomic mass is 16.1. The van der Waals surface area contributed by atoms with Crippen LogP contribution in [0.15, 0.2) is 4.79 Å². The van der Waals surface area contributed by atoms with E-state index in [0.29, 0.717) is 17.4 Å². The summed E-state index contributed by atoms with van der Waals surface area (Å²) in [6.07, 6.45) is 5.93. The van der Waals surface area contributed by atoms with Crippen LogP contribution in [-0.4, -0.2) is 14.8 Å². The first-order valence-electron chi connectivity index (χ1n) is 6.26. The van der Waals surface area contributed by atoms with Crippen LogP contribution >= 0.6 is 0 Å². The first kappa shape index (κ1) is 10.1. The third kappa shape index (κ3) is 1.43. The van der Waals surface area contributed by atoms with Gasteiger partial charge in [0, 0.05) is 12.0 Å². The largest absolute Gasteiger partial charge is 0.343 e. The standard InChI is InChI=1S/C12H19N3O/c1-12(2)7-9(12)10-13-14-11(16)15(10)8-5-3-4-6-8/h8-9H,3-7H2,1-2H3,(H,14,16)/t9-/m1/s1. The quantitative estimate of drug-likeness (QED) is 0.832. The molecule has 0 saturated heterocycles. The molecular weight excluding hydrogens is 202 g/mol. The van der Waals surface area contributed by atoms with E-state index in [1.54, 1.807) is 0 Å². The zero-order valence-electron chi connectivity index (χ0n) is 9.99. The smallest absolute Gasteiger partial charge is 0.276 e.